The summed E-state index contributed by atoms with van der Waals surface area (Å²) >= 11 is 0. The van der Waals surface area contributed by atoms with E-state index in [1.165, 1.54) is 12.4 Å². The summed E-state index contributed by atoms with van der Waals surface area (Å²) in [5.41, 5.74) is 2.98. The number of ether oxygens (including phenoxy) is 1. The lowest BCUT2D eigenvalue weighted by Crippen LogP contribution is -2.34. The van der Waals surface area contributed by atoms with E-state index < -0.39 is 11.0 Å². The highest BCUT2D eigenvalue weighted by Crippen LogP contribution is 2.13. The van der Waals surface area contributed by atoms with Crippen molar-refractivity contribution in [3.8, 4) is 5.75 Å². The Hall–Kier alpha value is -2.97. The Labute approximate surface area is 113 Å². The monoisotopic (exact) mass is 277 g/mol. The second-order valence-electron chi connectivity index (χ2n) is 3.84. The molecular weight excluding hydrogens is 266 g/mol. The summed E-state index contributed by atoms with van der Waals surface area (Å²) in [5.74, 6) is 0.266. The zero-order valence-corrected chi connectivity index (χ0v) is 10.5. The third-order valence-corrected chi connectivity index (χ3v) is 2.44. The largest absolute Gasteiger partial charge is 0.740 e. The topological polar surface area (TPSA) is 117 Å². The van der Waals surface area contributed by atoms with E-state index in [0.29, 0.717) is 28.2 Å². The average molecular weight is 277 g/mol. The van der Waals surface area contributed by atoms with Gasteiger partial charge in [0.2, 0.25) is 5.03 Å². The normalized spacial score (nSPS) is 10.1. The van der Waals surface area contributed by atoms with Crippen LogP contribution < -0.4 is 14.9 Å². The van der Waals surface area contributed by atoms with Gasteiger partial charge in [-0.1, -0.05) is 4.98 Å². The van der Waals surface area contributed by atoms with Crippen molar-refractivity contribution in [1.29, 1.82) is 0 Å². The van der Waals surface area contributed by atoms with E-state index in [2.05, 4.69) is 9.97 Å². The number of rotatable bonds is 5. The Kier molecular flexibility index (Phi) is 3.89. The zero-order valence-electron chi connectivity index (χ0n) is 10.5. The van der Waals surface area contributed by atoms with Gasteiger partial charge in [-0.05, 0) is 6.07 Å². The lowest BCUT2D eigenvalue weighted by Gasteiger charge is -2.07. The summed E-state index contributed by atoms with van der Waals surface area (Å²) in [5, 5.41) is 20.9. The minimum absolute atomic E-state index is 0.304. The number of hydrogen-bond donors (Lipinski definition) is 1. The number of hydrazine groups is 1. The van der Waals surface area contributed by atoms with Crippen LogP contribution in [0.1, 0.15) is 11.3 Å². The van der Waals surface area contributed by atoms with E-state index in [0.717, 1.165) is 0 Å². The van der Waals surface area contributed by atoms with Gasteiger partial charge in [-0.25, -0.2) is 14.8 Å². The maximum absolute atomic E-state index is 11.5. The molecule has 0 saturated carbocycles. The second-order valence-corrected chi connectivity index (χ2v) is 3.84. The van der Waals surface area contributed by atoms with Crippen LogP contribution in [0.2, 0.25) is 0 Å². The third kappa shape index (κ3) is 3.28. The molecule has 9 nitrogen and oxygen atoms in total. The molecule has 9 heteroatoms. The fraction of sp³-hybridized carbons (Fsp3) is 0.182. The number of methoxy groups -OCH3 is 1. The molecule has 2 heterocycles. The van der Waals surface area contributed by atoms with Gasteiger partial charge in [-0.2, -0.15) is 0 Å². The minimum Gasteiger partial charge on any atom is -0.740 e. The first-order chi connectivity index (χ1) is 9.58. The summed E-state index contributed by atoms with van der Waals surface area (Å²) in [6.07, 6.45) is 4.54. The van der Waals surface area contributed by atoms with E-state index in [1.54, 1.807) is 30.9 Å². The molecule has 0 aromatic carbocycles. The summed E-state index contributed by atoms with van der Waals surface area (Å²) in [7, 11) is 1.55. The third-order valence-electron chi connectivity index (χ3n) is 2.44. The molecule has 0 aliphatic heterocycles. The second kappa shape index (κ2) is 5.78. The molecule has 0 saturated heterocycles. The molecule has 0 bridgehead atoms. The molecule has 104 valence electrons. The summed E-state index contributed by atoms with van der Waals surface area (Å²) in [6, 6.07) is 3.44. The van der Waals surface area contributed by atoms with Gasteiger partial charge < -0.3 is 9.94 Å². The Morgan fingerprint density at radius 3 is 2.95 bits per heavy atom. The molecule has 0 fully saturated rings. The molecule has 0 amide bonds. The summed E-state index contributed by atoms with van der Waals surface area (Å²) in [4.78, 5) is 18.1. The first-order valence-corrected chi connectivity index (χ1v) is 5.56. The van der Waals surface area contributed by atoms with Crippen LogP contribution in [-0.4, -0.2) is 22.1 Å². The van der Waals surface area contributed by atoms with E-state index in [4.69, 9.17) is 4.74 Å². The number of aromatic nitrogens is 3. The first kappa shape index (κ1) is 13.5. The summed E-state index contributed by atoms with van der Waals surface area (Å²) < 4.78 is 5.38. The van der Waals surface area contributed by atoms with E-state index in [9.17, 15) is 15.3 Å². The fourth-order valence-corrected chi connectivity index (χ4v) is 1.59. The predicted octanol–water partition coefficient (Wildman–Crippen LogP) is 0.313. The maximum Gasteiger partial charge on any atom is 0.454 e. The van der Waals surface area contributed by atoms with Crippen LogP contribution in [0.25, 0.3) is 0 Å². The smallest absolute Gasteiger partial charge is 0.454 e. The van der Waals surface area contributed by atoms with E-state index in [-0.39, 0.29) is 0 Å². The lowest BCUT2D eigenvalue weighted by molar-refractivity contribution is -0.606. The minimum atomic E-state index is -0.847. The van der Waals surface area contributed by atoms with Crippen molar-refractivity contribution in [2.24, 2.45) is 0 Å². The molecule has 0 radical (unpaired) electrons. The molecule has 0 unspecified atom stereocenters. The van der Waals surface area contributed by atoms with Crippen molar-refractivity contribution in [2.45, 2.75) is 6.42 Å². The number of hydrogen-bond acceptors (Lipinski definition) is 6. The highest BCUT2D eigenvalue weighted by atomic mass is 16.7. The Balaban J connectivity index is 2.17. The molecule has 20 heavy (non-hydrogen) atoms. The SMILES string of the molecule is COc1ccnc(Cc2cnc(N[N+](=O)[O-])[n+]([O-])c2)c1. The van der Waals surface area contributed by atoms with Gasteiger partial charge in [0.25, 0.3) is 0 Å². The molecule has 2 aromatic heterocycles. The average Bonchev–Trinajstić information content (AvgIpc) is 2.42. The van der Waals surface area contributed by atoms with Crippen molar-refractivity contribution in [3.05, 3.63) is 57.3 Å². The Bertz CT molecular complexity index is 634. The number of pyridine rings is 1. The van der Waals surface area contributed by atoms with Gasteiger partial charge >= 0.3 is 5.95 Å². The fourth-order valence-electron chi connectivity index (χ4n) is 1.59. The molecule has 0 aliphatic rings. The quantitative estimate of drug-likeness (QED) is 0.361. The lowest BCUT2D eigenvalue weighted by atomic mass is 10.2. The van der Waals surface area contributed by atoms with Crippen LogP contribution in [0.15, 0.2) is 30.7 Å². The number of nitro groups is 1. The molecule has 2 rings (SSSR count). The summed E-state index contributed by atoms with van der Waals surface area (Å²) in [6.45, 7) is 0. The van der Waals surface area contributed by atoms with Gasteiger partial charge in [0.1, 0.15) is 11.9 Å². The Morgan fingerprint density at radius 1 is 1.50 bits per heavy atom. The van der Waals surface area contributed by atoms with Gasteiger partial charge in [-0.15, -0.1) is 0 Å². The van der Waals surface area contributed by atoms with Crippen LogP contribution in [0.3, 0.4) is 0 Å². The molecular formula is C11H11N5O4. The highest BCUT2D eigenvalue weighted by molar-refractivity contribution is 5.26. The van der Waals surface area contributed by atoms with Gasteiger partial charge in [-0.3, -0.25) is 4.98 Å². The number of nitrogens with zero attached hydrogens (tertiary/aromatic N) is 4. The van der Waals surface area contributed by atoms with Crippen molar-refractivity contribution >= 4 is 5.95 Å². The van der Waals surface area contributed by atoms with Crippen molar-refractivity contribution in [3.63, 3.8) is 0 Å². The zero-order chi connectivity index (χ0) is 14.5. The first-order valence-electron chi connectivity index (χ1n) is 5.56. The molecule has 0 spiro atoms. The molecule has 0 atom stereocenters. The maximum atomic E-state index is 11.5. The molecule has 0 aliphatic carbocycles. The van der Waals surface area contributed by atoms with E-state index in [1.807, 2.05) is 0 Å². The van der Waals surface area contributed by atoms with Crippen LogP contribution in [0, 0.1) is 15.3 Å². The van der Waals surface area contributed by atoms with Crippen LogP contribution in [0.5, 0.6) is 5.75 Å². The van der Waals surface area contributed by atoms with Crippen molar-refractivity contribution < 1.29 is 14.5 Å². The van der Waals surface area contributed by atoms with Crippen molar-refractivity contribution in [1.82, 2.24) is 9.97 Å². The van der Waals surface area contributed by atoms with Gasteiger partial charge in [0.05, 0.1) is 13.3 Å². The molecule has 2 aromatic rings. The van der Waals surface area contributed by atoms with Crippen molar-refractivity contribution in [2.75, 3.05) is 12.5 Å². The highest BCUT2D eigenvalue weighted by Gasteiger charge is 2.14. The molecule has 1 N–H and O–H groups in total. The van der Waals surface area contributed by atoms with Crippen LogP contribution in [-0.2, 0) is 6.42 Å². The Morgan fingerprint density at radius 2 is 2.30 bits per heavy atom. The predicted molar refractivity (Wildman–Crippen MR) is 67.4 cm³/mol. The van der Waals surface area contributed by atoms with E-state index >= 15 is 0 Å². The van der Waals surface area contributed by atoms with Gasteiger partial charge in [0, 0.05) is 35.4 Å². The number of anilines is 1. The number of nitrogens with one attached hydrogen (secondary N) is 1. The van der Waals surface area contributed by atoms with Crippen LogP contribution >= 0.6 is 0 Å². The standard InChI is InChI=1S/C11H11N5O4/c1-20-10-2-3-12-9(5-10)4-8-6-13-11(14-16(18)19)15(17)7-8/h2-3,5-7H,4H2,1H3,(H,13,14). The van der Waals surface area contributed by atoms with Gasteiger partial charge in [0.15, 0.2) is 0 Å². The van der Waals surface area contributed by atoms with Crippen LogP contribution in [0.4, 0.5) is 5.95 Å².